The molecule has 0 bridgehead atoms. The Morgan fingerprint density at radius 2 is 2.50 bits per heavy atom. The van der Waals surface area contributed by atoms with E-state index >= 15 is 0 Å². The lowest BCUT2D eigenvalue weighted by Gasteiger charge is -1.89. The maximum absolute atomic E-state index is 10.7. The maximum atomic E-state index is 10.7. The van der Waals surface area contributed by atoms with Crippen LogP contribution in [0, 0.1) is 0 Å². The van der Waals surface area contributed by atoms with Gasteiger partial charge in [-0.15, -0.1) is 0 Å². The quantitative estimate of drug-likeness (QED) is 0.401. The number of hydrogen-bond donors (Lipinski definition) is 2. The Labute approximate surface area is 65.5 Å². The Bertz CT molecular complexity index is 246. The van der Waals surface area contributed by atoms with Gasteiger partial charge in [0.2, 0.25) is 0 Å². The average molecular weight is 205 g/mol. The molecule has 0 atom stereocenters. The summed E-state index contributed by atoms with van der Waals surface area (Å²) in [5.74, 6) is 4.49. The Balaban J connectivity index is 2.85. The molecule has 54 valence electrons. The molecule has 4 nitrogen and oxygen atoms in total. The molecule has 0 aliphatic rings. The molecule has 1 aromatic heterocycles. The number of nitrogens with two attached hydrogens (primary N) is 1. The first-order valence-corrected chi connectivity index (χ1v) is 3.28. The standard InChI is InChI=1S/C5H5BrN2O2/c6-4-1-3(2-10-4)5(9)8-7/h1-2H,7H2,(H,8,9). The molecule has 5 heteroatoms. The van der Waals surface area contributed by atoms with Gasteiger partial charge in [0.1, 0.15) is 6.26 Å². The normalized spacial score (nSPS) is 9.40. The number of hydrazine groups is 1. The Kier molecular flexibility index (Phi) is 2.08. The van der Waals surface area contributed by atoms with Crippen LogP contribution in [0.1, 0.15) is 10.4 Å². The summed E-state index contributed by atoms with van der Waals surface area (Å²) in [5, 5.41) is 0. The molecule has 1 heterocycles. The Hall–Kier alpha value is -0.810. The fourth-order valence-corrected chi connectivity index (χ4v) is 0.853. The molecule has 1 aromatic rings. The first-order valence-electron chi connectivity index (χ1n) is 2.49. The number of rotatable bonds is 1. The van der Waals surface area contributed by atoms with Crippen molar-refractivity contribution in [2.75, 3.05) is 0 Å². The number of amides is 1. The fourth-order valence-electron chi connectivity index (χ4n) is 0.512. The highest BCUT2D eigenvalue weighted by atomic mass is 79.9. The van der Waals surface area contributed by atoms with Crippen molar-refractivity contribution < 1.29 is 9.21 Å². The molecular formula is C5H5BrN2O2. The molecule has 0 unspecified atom stereocenters. The van der Waals surface area contributed by atoms with Gasteiger partial charge in [0.05, 0.1) is 5.56 Å². The van der Waals surface area contributed by atoms with Gasteiger partial charge >= 0.3 is 0 Å². The molecule has 0 spiro atoms. The van der Waals surface area contributed by atoms with Crippen LogP contribution in [-0.4, -0.2) is 5.91 Å². The minimum absolute atomic E-state index is 0.366. The zero-order valence-corrected chi connectivity index (χ0v) is 6.51. The number of carbonyl (C=O) groups excluding carboxylic acids is 1. The van der Waals surface area contributed by atoms with Gasteiger partial charge in [-0.25, -0.2) is 5.84 Å². The first kappa shape index (κ1) is 7.30. The van der Waals surface area contributed by atoms with Crippen molar-refractivity contribution in [3.8, 4) is 0 Å². The second-order valence-electron chi connectivity index (χ2n) is 1.61. The summed E-state index contributed by atoms with van der Waals surface area (Å²) in [5.41, 5.74) is 2.37. The van der Waals surface area contributed by atoms with E-state index in [0.29, 0.717) is 10.2 Å². The van der Waals surface area contributed by atoms with Crippen LogP contribution >= 0.6 is 15.9 Å². The zero-order valence-electron chi connectivity index (χ0n) is 4.93. The monoisotopic (exact) mass is 204 g/mol. The average Bonchev–Trinajstić information content (AvgIpc) is 2.34. The van der Waals surface area contributed by atoms with Gasteiger partial charge in [0.15, 0.2) is 4.67 Å². The van der Waals surface area contributed by atoms with Crippen molar-refractivity contribution in [3.05, 3.63) is 22.6 Å². The van der Waals surface area contributed by atoms with Crippen LogP contribution in [0.2, 0.25) is 0 Å². The van der Waals surface area contributed by atoms with Crippen LogP contribution in [0.4, 0.5) is 0 Å². The van der Waals surface area contributed by atoms with Crippen LogP contribution in [0.25, 0.3) is 0 Å². The molecule has 0 saturated carbocycles. The molecule has 3 N–H and O–H groups in total. The second-order valence-corrected chi connectivity index (χ2v) is 2.39. The number of furan rings is 1. The number of halogens is 1. The second kappa shape index (κ2) is 2.85. The smallest absolute Gasteiger partial charge is 0.268 e. The van der Waals surface area contributed by atoms with Crippen molar-refractivity contribution in [1.29, 1.82) is 0 Å². The van der Waals surface area contributed by atoms with E-state index in [4.69, 9.17) is 10.3 Å². The number of hydrogen-bond acceptors (Lipinski definition) is 3. The fraction of sp³-hybridized carbons (Fsp3) is 0. The van der Waals surface area contributed by atoms with Crippen LogP contribution in [0.5, 0.6) is 0 Å². The third-order valence-electron chi connectivity index (χ3n) is 0.961. The van der Waals surface area contributed by atoms with Crippen molar-refractivity contribution >= 4 is 21.8 Å². The van der Waals surface area contributed by atoms with Gasteiger partial charge in [-0.1, -0.05) is 0 Å². The molecular weight excluding hydrogens is 200 g/mol. The summed E-state index contributed by atoms with van der Waals surface area (Å²) < 4.78 is 5.29. The summed E-state index contributed by atoms with van der Waals surface area (Å²) in [6, 6.07) is 1.53. The predicted octanol–water partition coefficient (Wildman–Crippen LogP) is 0.646. The van der Waals surface area contributed by atoms with Crippen molar-refractivity contribution in [1.82, 2.24) is 5.43 Å². The van der Waals surface area contributed by atoms with E-state index in [1.807, 2.05) is 5.43 Å². The molecule has 1 rings (SSSR count). The third-order valence-corrected chi connectivity index (χ3v) is 1.38. The van der Waals surface area contributed by atoms with Crippen LogP contribution < -0.4 is 11.3 Å². The number of carbonyl (C=O) groups is 1. The Morgan fingerprint density at radius 3 is 2.90 bits per heavy atom. The molecule has 0 fully saturated rings. The molecule has 0 saturated heterocycles. The van der Waals surface area contributed by atoms with Crippen LogP contribution in [0.15, 0.2) is 21.4 Å². The van der Waals surface area contributed by atoms with E-state index < -0.39 is 0 Å². The van der Waals surface area contributed by atoms with E-state index in [1.165, 1.54) is 12.3 Å². The van der Waals surface area contributed by atoms with Crippen molar-refractivity contribution in [2.24, 2.45) is 5.84 Å². The van der Waals surface area contributed by atoms with E-state index in [1.54, 1.807) is 0 Å². The molecule has 0 aliphatic carbocycles. The minimum atomic E-state index is -0.366. The van der Waals surface area contributed by atoms with Crippen molar-refractivity contribution in [3.63, 3.8) is 0 Å². The minimum Gasteiger partial charge on any atom is -0.457 e. The molecule has 0 aromatic carbocycles. The maximum Gasteiger partial charge on any atom is 0.268 e. The number of nitrogens with one attached hydrogen (secondary N) is 1. The summed E-state index contributed by atoms with van der Waals surface area (Å²) in [6.45, 7) is 0. The first-order chi connectivity index (χ1) is 4.74. The van der Waals surface area contributed by atoms with Crippen molar-refractivity contribution in [2.45, 2.75) is 0 Å². The van der Waals surface area contributed by atoms with Crippen LogP contribution in [-0.2, 0) is 0 Å². The molecule has 10 heavy (non-hydrogen) atoms. The summed E-state index contributed by atoms with van der Waals surface area (Å²) in [6.07, 6.45) is 1.31. The molecule has 1 amide bonds. The lowest BCUT2D eigenvalue weighted by atomic mass is 10.3. The summed E-state index contributed by atoms with van der Waals surface area (Å²) in [7, 11) is 0. The summed E-state index contributed by atoms with van der Waals surface area (Å²) >= 11 is 3.04. The van der Waals surface area contributed by atoms with Gasteiger partial charge < -0.3 is 4.42 Å². The van der Waals surface area contributed by atoms with Gasteiger partial charge in [-0.05, 0) is 15.9 Å². The van der Waals surface area contributed by atoms with Gasteiger partial charge in [-0.2, -0.15) is 0 Å². The van der Waals surface area contributed by atoms with E-state index in [9.17, 15) is 4.79 Å². The highest BCUT2D eigenvalue weighted by Gasteiger charge is 2.05. The predicted molar refractivity (Wildman–Crippen MR) is 38.1 cm³/mol. The van der Waals surface area contributed by atoms with E-state index in [2.05, 4.69) is 15.9 Å². The largest absolute Gasteiger partial charge is 0.457 e. The molecule has 0 radical (unpaired) electrons. The summed E-state index contributed by atoms with van der Waals surface area (Å²) in [4.78, 5) is 10.7. The SMILES string of the molecule is NNC(=O)c1coc(Br)c1. The lowest BCUT2D eigenvalue weighted by Crippen LogP contribution is -2.29. The number of nitrogen functional groups attached to an aromatic ring is 1. The topological polar surface area (TPSA) is 68.3 Å². The zero-order chi connectivity index (χ0) is 7.56. The highest BCUT2D eigenvalue weighted by Crippen LogP contribution is 2.13. The molecule has 0 aliphatic heterocycles. The van der Waals surface area contributed by atoms with Crippen LogP contribution in [0.3, 0.4) is 0 Å². The highest BCUT2D eigenvalue weighted by molar-refractivity contribution is 9.10. The third kappa shape index (κ3) is 1.37. The lowest BCUT2D eigenvalue weighted by molar-refractivity contribution is 0.0953. The van der Waals surface area contributed by atoms with Gasteiger partial charge in [0.25, 0.3) is 5.91 Å². The van der Waals surface area contributed by atoms with Gasteiger partial charge in [-0.3, -0.25) is 10.2 Å². The Morgan fingerprint density at radius 1 is 1.80 bits per heavy atom. The van der Waals surface area contributed by atoms with E-state index in [-0.39, 0.29) is 5.91 Å². The van der Waals surface area contributed by atoms with E-state index in [0.717, 1.165) is 0 Å². The van der Waals surface area contributed by atoms with Gasteiger partial charge in [0, 0.05) is 6.07 Å².